The highest BCUT2D eigenvalue weighted by Crippen LogP contribution is 2.37. The highest BCUT2D eigenvalue weighted by atomic mass is 35.5. The van der Waals surface area contributed by atoms with Crippen LogP contribution in [0.15, 0.2) is 0 Å². The molecule has 1 atom stereocenters. The molecular formula is C5H8Cl2N2O2. The summed E-state index contributed by atoms with van der Waals surface area (Å²) >= 11 is 10.8. The Hall–Kier alpha value is -0.0300. The average molecular weight is 199 g/mol. The van der Waals surface area contributed by atoms with Crippen LogP contribution in [0.2, 0.25) is 0 Å². The van der Waals surface area contributed by atoms with Crippen LogP contribution in [0.4, 0.5) is 4.79 Å². The van der Waals surface area contributed by atoms with E-state index in [4.69, 9.17) is 23.6 Å². The number of rotatable bonds is 0. The Labute approximate surface area is 74.7 Å². The molecular weight excluding hydrogens is 191 g/mol. The fraction of sp³-hybridized carbons (Fsp3) is 0.800. The minimum Gasteiger partial charge on any atom is -0.604 e. The van der Waals surface area contributed by atoms with Gasteiger partial charge in [0, 0.05) is 11.8 Å². The van der Waals surface area contributed by atoms with E-state index in [1.807, 2.05) is 0 Å². The van der Waals surface area contributed by atoms with Crippen molar-refractivity contribution in [3.63, 3.8) is 0 Å². The molecule has 4 nitrogen and oxygen atoms in total. The monoisotopic (exact) mass is 198 g/mol. The van der Waals surface area contributed by atoms with Gasteiger partial charge in [-0.2, -0.15) is 8.58 Å². The van der Waals surface area contributed by atoms with Crippen LogP contribution >= 0.6 is 23.6 Å². The molecule has 1 rings (SSSR count). The summed E-state index contributed by atoms with van der Waals surface area (Å²) in [5, 5.41) is 11.3. The fourth-order valence-electron chi connectivity index (χ4n) is 0.897. The predicted octanol–water partition coefficient (Wildman–Crippen LogP) is 1.82. The van der Waals surface area contributed by atoms with Gasteiger partial charge in [-0.15, -0.1) is 0 Å². The van der Waals surface area contributed by atoms with Gasteiger partial charge >= 0.3 is 6.03 Å². The number of hydrogen-bond acceptors (Lipinski definition) is 2. The van der Waals surface area contributed by atoms with Gasteiger partial charge < -0.3 is 5.21 Å². The third-order valence-corrected chi connectivity index (χ3v) is 2.62. The average Bonchev–Trinajstić information content (AvgIpc) is 1.93. The number of hydrogen-bond donors (Lipinski definition) is 0. The van der Waals surface area contributed by atoms with Crippen LogP contribution < -0.4 is 0 Å². The van der Waals surface area contributed by atoms with Crippen molar-refractivity contribution in [3.8, 4) is 0 Å². The van der Waals surface area contributed by atoms with E-state index in [0.29, 0.717) is 0 Å². The summed E-state index contributed by atoms with van der Waals surface area (Å²) in [5.41, 5.74) is -0.875. The first-order chi connectivity index (χ1) is 4.79. The Balaban J connectivity index is 3.02. The zero-order valence-corrected chi connectivity index (χ0v) is 7.69. The topological polar surface area (TPSA) is 43.4 Å². The van der Waals surface area contributed by atoms with Crippen molar-refractivity contribution in [1.29, 1.82) is 0 Å². The zero-order chi connectivity index (χ0) is 8.86. The smallest absolute Gasteiger partial charge is 0.452 e. The summed E-state index contributed by atoms with van der Waals surface area (Å²) in [4.78, 5) is 11.0. The molecule has 0 saturated carbocycles. The Morgan fingerprint density at radius 3 is 2.27 bits per heavy atom. The highest BCUT2D eigenvalue weighted by molar-refractivity contribution is 6.24. The lowest BCUT2D eigenvalue weighted by Gasteiger charge is -2.35. The Morgan fingerprint density at radius 1 is 1.73 bits per heavy atom. The Morgan fingerprint density at radius 2 is 2.18 bits per heavy atom. The lowest BCUT2D eigenvalue weighted by atomic mass is 10.1. The van der Waals surface area contributed by atoms with Crippen LogP contribution in [0.25, 0.3) is 0 Å². The van der Waals surface area contributed by atoms with Crippen molar-refractivity contribution in [2.24, 2.45) is 0 Å². The molecule has 0 spiro atoms. The molecule has 0 radical (unpaired) electrons. The molecule has 0 aromatic carbocycles. The summed E-state index contributed by atoms with van der Waals surface area (Å²) in [5.74, 6) is 0. The SMILES string of the molecule is CC1(C)CN(Cl)C(=O)[N+]1([O-])Cl. The van der Waals surface area contributed by atoms with Gasteiger partial charge in [-0.3, -0.25) is 0 Å². The maximum Gasteiger partial charge on any atom is 0.452 e. The summed E-state index contributed by atoms with van der Waals surface area (Å²) in [6, 6.07) is -0.821. The van der Waals surface area contributed by atoms with E-state index in [-0.39, 0.29) is 6.54 Å². The first-order valence-corrected chi connectivity index (χ1v) is 3.74. The molecule has 1 aliphatic rings. The summed E-state index contributed by atoms with van der Waals surface area (Å²) < 4.78 is -0.628. The molecule has 0 aliphatic carbocycles. The van der Waals surface area contributed by atoms with Crippen LogP contribution in [-0.4, -0.2) is 26.7 Å². The van der Waals surface area contributed by atoms with Crippen molar-refractivity contribution in [3.05, 3.63) is 5.21 Å². The van der Waals surface area contributed by atoms with Gasteiger partial charge in [0.2, 0.25) is 0 Å². The van der Waals surface area contributed by atoms with Crippen LogP contribution in [-0.2, 0) is 0 Å². The van der Waals surface area contributed by atoms with Crippen molar-refractivity contribution in [2.75, 3.05) is 6.54 Å². The van der Waals surface area contributed by atoms with Gasteiger partial charge in [0.15, 0.2) is 11.8 Å². The first kappa shape index (κ1) is 9.06. The number of carbonyl (C=O) groups excluding carboxylic acids is 1. The van der Waals surface area contributed by atoms with Gasteiger partial charge in [0.1, 0.15) is 12.1 Å². The van der Waals surface area contributed by atoms with E-state index in [1.165, 1.54) is 0 Å². The van der Waals surface area contributed by atoms with E-state index >= 15 is 0 Å². The second-order valence-corrected chi connectivity index (χ2v) is 4.03. The molecule has 2 amide bonds. The van der Waals surface area contributed by atoms with Gasteiger partial charge in [-0.1, -0.05) is 0 Å². The van der Waals surface area contributed by atoms with Gasteiger partial charge in [-0.05, 0) is 13.8 Å². The van der Waals surface area contributed by atoms with Crippen molar-refractivity contribution in [1.82, 2.24) is 4.42 Å². The largest absolute Gasteiger partial charge is 0.604 e. The highest BCUT2D eigenvalue weighted by Gasteiger charge is 2.54. The van der Waals surface area contributed by atoms with E-state index < -0.39 is 15.7 Å². The molecule has 11 heavy (non-hydrogen) atoms. The lowest BCUT2D eigenvalue weighted by Crippen LogP contribution is -2.48. The number of urea groups is 1. The maximum atomic E-state index is 11.3. The molecule has 1 aliphatic heterocycles. The second-order valence-electron chi connectivity index (χ2n) is 3.15. The molecule has 1 heterocycles. The first-order valence-electron chi connectivity index (χ1n) is 3.07. The lowest BCUT2D eigenvalue weighted by molar-refractivity contribution is -0.721. The normalized spacial score (nSPS) is 36.5. The second kappa shape index (κ2) is 2.23. The molecule has 1 unspecified atom stereocenters. The Bertz CT molecular complexity index is 205. The van der Waals surface area contributed by atoms with Crippen LogP contribution in [0.3, 0.4) is 0 Å². The number of hydroxylamine groups is 2. The maximum absolute atomic E-state index is 11.3. The molecule has 0 bridgehead atoms. The van der Waals surface area contributed by atoms with Crippen molar-refractivity contribution >= 4 is 29.6 Å². The number of amides is 2. The van der Waals surface area contributed by atoms with Gasteiger partial charge in [-0.25, -0.2) is 4.79 Å². The van der Waals surface area contributed by atoms with Crippen molar-refractivity contribution < 1.29 is 8.96 Å². The molecule has 1 fully saturated rings. The summed E-state index contributed by atoms with van der Waals surface area (Å²) in [7, 11) is 0. The van der Waals surface area contributed by atoms with Crippen LogP contribution in [0.1, 0.15) is 13.8 Å². The van der Waals surface area contributed by atoms with Crippen molar-refractivity contribution in [2.45, 2.75) is 19.4 Å². The van der Waals surface area contributed by atoms with Crippen LogP contribution in [0, 0.1) is 5.21 Å². The molecule has 0 aromatic rings. The van der Waals surface area contributed by atoms with Gasteiger partial charge in [0.05, 0.1) is 0 Å². The third kappa shape index (κ3) is 1.10. The fourth-order valence-corrected chi connectivity index (χ4v) is 1.48. The molecule has 1 saturated heterocycles. The van der Waals surface area contributed by atoms with E-state index in [2.05, 4.69) is 0 Å². The van der Waals surface area contributed by atoms with E-state index in [1.54, 1.807) is 13.8 Å². The summed E-state index contributed by atoms with van der Waals surface area (Å²) in [6.45, 7) is 3.35. The quantitative estimate of drug-likeness (QED) is 0.441. The standard InChI is InChI=1S/C5H8Cl2N2O2/c1-5(2)3-8(6)4(10)9(5,7)11/h3H2,1-2H3. The van der Waals surface area contributed by atoms with E-state index in [9.17, 15) is 10.0 Å². The number of nitrogens with zero attached hydrogens (tertiary/aromatic N) is 2. The minimum absolute atomic E-state index is 0.167. The molecule has 6 heteroatoms. The van der Waals surface area contributed by atoms with Crippen LogP contribution in [0.5, 0.6) is 0 Å². The number of quaternary nitrogens is 1. The van der Waals surface area contributed by atoms with E-state index in [0.717, 1.165) is 4.42 Å². The molecule has 0 aromatic heterocycles. The number of halogens is 2. The molecule has 64 valence electrons. The third-order valence-electron chi connectivity index (χ3n) is 1.76. The van der Waals surface area contributed by atoms with Gasteiger partial charge in [0.25, 0.3) is 0 Å². The molecule has 0 N–H and O–H groups in total. The summed E-state index contributed by atoms with van der Waals surface area (Å²) in [6.07, 6.45) is 0. The number of carbonyl (C=O) groups is 1. The zero-order valence-electron chi connectivity index (χ0n) is 6.17. The minimum atomic E-state index is -1.45. The predicted molar refractivity (Wildman–Crippen MR) is 41.5 cm³/mol. The Kier molecular flexibility index (Phi) is 1.84.